The van der Waals surface area contributed by atoms with Crippen molar-refractivity contribution in [3.05, 3.63) is 52.2 Å². The molecule has 146 valence electrons. The number of benzene rings is 1. The van der Waals surface area contributed by atoms with E-state index in [-0.39, 0.29) is 28.7 Å². The van der Waals surface area contributed by atoms with Crippen molar-refractivity contribution in [2.45, 2.75) is 38.0 Å². The van der Waals surface area contributed by atoms with Crippen molar-refractivity contribution in [2.24, 2.45) is 5.92 Å². The summed E-state index contributed by atoms with van der Waals surface area (Å²) in [5.74, 6) is 0.752. The zero-order valence-corrected chi connectivity index (χ0v) is 15.2. The normalized spacial score (nSPS) is 22.6. The molecule has 2 aliphatic rings. The fraction of sp³-hybridized carbons (Fsp3) is 0.400. The van der Waals surface area contributed by atoms with Gasteiger partial charge < -0.3 is 9.32 Å². The highest BCUT2D eigenvalue weighted by molar-refractivity contribution is 6.02. The smallest absolute Gasteiger partial charge is 0.416 e. The zero-order chi connectivity index (χ0) is 19.8. The van der Waals surface area contributed by atoms with Crippen LogP contribution in [-0.4, -0.2) is 21.5 Å². The molecule has 0 radical (unpaired) electrons. The average Bonchev–Trinajstić information content (AvgIpc) is 3.22. The fourth-order valence-electron chi connectivity index (χ4n) is 4.61. The van der Waals surface area contributed by atoms with Crippen molar-refractivity contribution in [1.82, 2.24) is 14.5 Å². The summed E-state index contributed by atoms with van der Waals surface area (Å²) in [6.45, 7) is 4.62. The molecule has 2 atom stereocenters. The van der Waals surface area contributed by atoms with Crippen LogP contribution in [0.25, 0.3) is 22.1 Å². The van der Waals surface area contributed by atoms with Gasteiger partial charge in [-0.3, -0.25) is 9.36 Å². The third-order valence-electron chi connectivity index (χ3n) is 6.03. The summed E-state index contributed by atoms with van der Waals surface area (Å²) in [5.41, 5.74) is 0.200. The van der Waals surface area contributed by atoms with Crippen LogP contribution >= 0.6 is 0 Å². The molecule has 0 amide bonds. The predicted molar refractivity (Wildman–Crippen MR) is 97.8 cm³/mol. The number of rotatable bonds is 0. The third kappa shape index (κ3) is 2.33. The number of alkyl halides is 3. The molecule has 1 aromatic carbocycles. The van der Waals surface area contributed by atoms with E-state index in [1.165, 1.54) is 6.07 Å². The van der Waals surface area contributed by atoms with E-state index < -0.39 is 11.7 Å². The van der Waals surface area contributed by atoms with Crippen LogP contribution in [-0.2, 0) is 12.7 Å². The lowest BCUT2D eigenvalue weighted by Crippen LogP contribution is -2.29. The SMILES string of the molecule is C=C1[C@@H]2CCC[C@H]2n2c(nc3c(oc4cc(C(F)(F)F)ccc43)c2=O)CN1C. The zero-order valence-electron chi connectivity index (χ0n) is 15.2. The minimum absolute atomic E-state index is 0.0129. The average molecular weight is 389 g/mol. The van der Waals surface area contributed by atoms with Crippen LogP contribution < -0.4 is 5.56 Å². The van der Waals surface area contributed by atoms with E-state index in [1.54, 1.807) is 4.57 Å². The fourth-order valence-corrected chi connectivity index (χ4v) is 4.61. The third-order valence-corrected chi connectivity index (χ3v) is 6.03. The quantitative estimate of drug-likeness (QED) is 0.570. The molecule has 0 unspecified atom stereocenters. The van der Waals surface area contributed by atoms with Crippen molar-refractivity contribution >= 4 is 22.1 Å². The highest BCUT2D eigenvalue weighted by Gasteiger charge is 2.38. The molecular weight excluding hydrogens is 371 g/mol. The molecule has 5 rings (SSSR count). The van der Waals surface area contributed by atoms with Crippen molar-refractivity contribution < 1.29 is 17.6 Å². The molecule has 1 aliphatic heterocycles. The molecule has 0 N–H and O–H groups in total. The molecule has 8 heteroatoms. The number of furan rings is 1. The lowest BCUT2D eigenvalue weighted by molar-refractivity contribution is -0.137. The molecule has 3 aromatic rings. The Hall–Kier alpha value is -2.77. The minimum atomic E-state index is -4.48. The van der Waals surface area contributed by atoms with Gasteiger partial charge in [-0.15, -0.1) is 0 Å². The Balaban J connectivity index is 1.79. The summed E-state index contributed by atoms with van der Waals surface area (Å²) in [5, 5.41) is 0.414. The number of halogens is 3. The Labute approximate surface area is 158 Å². The van der Waals surface area contributed by atoms with E-state index in [2.05, 4.69) is 11.6 Å². The summed E-state index contributed by atoms with van der Waals surface area (Å²) in [6, 6.07) is 3.20. The summed E-state index contributed by atoms with van der Waals surface area (Å²) >= 11 is 0. The second-order valence-electron chi connectivity index (χ2n) is 7.64. The number of aromatic nitrogens is 2. The van der Waals surface area contributed by atoms with Crippen LogP contribution in [0.3, 0.4) is 0 Å². The molecule has 2 aromatic heterocycles. The number of nitrogens with zero attached hydrogens (tertiary/aromatic N) is 3. The van der Waals surface area contributed by atoms with Gasteiger partial charge in [-0.2, -0.15) is 13.2 Å². The maximum atomic E-state index is 13.3. The Bertz CT molecular complexity index is 1190. The van der Waals surface area contributed by atoms with Crippen molar-refractivity contribution in [3.63, 3.8) is 0 Å². The maximum absolute atomic E-state index is 13.3. The standard InChI is InChI=1S/C20H18F3N3O2/c1-10-12-4-3-5-14(12)26-16(9-25(10)2)24-17-13-7-6-11(20(21,22)23)8-15(13)28-18(17)19(26)27/h6-8,12,14H,1,3-5,9H2,2H3/t12-,14+/m0/s1. The largest absolute Gasteiger partial charge is 0.448 e. The summed E-state index contributed by atoms with van der Waals surface area (Å²) < 4.78 is 46.4. The molecule has 5 nitrogen and oxygen atoms in total. The van der Waals surface area contributed by atoms with Crippen LogP contribution in [0.1, 0.15) is 36.7 Å². The molecule has 1 fully saturated rings. The van der Waals surface area contributed by atoms with E-state index in [4.69, 9.17) is 4.42 Å². The molecule has 0 spiro atoms. The van der Waals surface area contributed by atoms with E-state index in [1.807, 2.05) is 11.9 Å². The lowest BCUT2D eigenvalue weighted by Gasteiger charge is -2.24. The topological polar surface area (TPSA) is 51.3 Å². The highest BCUT2D eigenvalue weighted by atomic mass is 19.4. The summed E-state index contributed by atoms with van der Waals surface area (Å²) in [4.78, 5) is 20.0. The van der Waals surface area contributed by atoms with Crippen molar-refractivity contribution in [3.8, 4) is 0 Å². The van der Waals surface area contributed by atoms with Crippen LogP contribution in [0.4, 0.5) is 13.2 Å². The molecule has 1 aliphatic carbocycles. The van der Waals surface area contributed by atoms with Crippen LogP contribution in [0.5, 0.6) is 0 Å². The molecule has 28 heavy (non-hydrogen) atoms. The molecule has 0 saturated heterocycles. The first-order valence-electron chi connectivity index (χ1n) is 9.20. The Morgan fingerprint density at radius 3 is 2.82 bits per heavy atom. The Kier molecular flexibility index (Phi) is 3.48. The monoisotopic (exact) mass is 389 g/mol. The first kappa shape index (κ1) is 17.3. The maximum Gasteiger partial charge on any atom is 0.416 e. The summed E-state index contributed by atoms with van der Waals surface area (Å²) in [6.07, 6.45) is -1.70. The molecule has 0 bridgehead atoms. The lowest BCUT2D eigenvalue weighted by atomic mass is 10.00. The van der Waals surface area contributed by atoms with Crippen LogP contribution in [0.15, 0.2) is 39.7 Å². The van der Waals surface area contributed by atoms with Gasteiger partial charge in [0.2, 0.25) is 5.58 Å². The van der Waals surface area contributed by atoms with Crippen LogP contribution in [0, 0.1) is 5.92 Å². The van der Waals surface area contributed by atoms with E-state index in [0.29, 0.717) is 23.3 Å². The minimum Gasteiger partial charge on any atom is -0.448 e. The van der Waals surface area contributed by atoms with Gasteiger partial charge in [0.1, 0.15) is 16.9 Å². The van der Waals surface area contributed by atoms with E-state index in [0.717, 1.165) is 37.1 Å². The van der Waals surface area contributed by atoms with Gasteiger partial charge >= 0.3 is 6.18 Å². The predicted octanol–water partition coefficient (Wildman–Crippen LogP) is 4.46. The highest BCUT2D eigenvalue weighted by Crippen LogP contribution is 2.43. The van der Waals surface area contributed by atoms with Crippen LogP contribution in [0.2, 0.25) is 0 Å². The molecular formula is C20H18F3N3O2. The number of hydrogen-bond acceptors (Lipinski definition) is 4. The van der Waals surface area contributed by atoms with Gasteiger partial charge in [0, 0.05) is 30.1 Å². The Morgan fingerprint density at radius 1 is 1.29 bits per heavy atom. The Morgan fingerprint density at radius 2 is 2.07 bits per heavy atom. The second-order valence-corrected chi connectivity index (χ2v) is 7.64. The molecule has 1 saturated carbocycles. The second kappa shape index (κ2) is 5.62. The number of hydrogen-bond donors (Lipinski definition) is 0. The van der Waals surface area contributed by atoms with Gasteiger partial charge in [0.05, 0.1) is 12.1 Å². The van der Waals surface area contributed by atoms with Gasteiger partial charge in [-0.25, -0.2) is 4.98 Å². The van der Waals surface area contributed by atoms with Gasteiger partial charge in [0.15, 0.2) is 0 Å². The first-order valence-corrected chi connectivity index (χ1v) is 9.20. The van der Waals surface area contributed by atoms with Gasteiger partial charge in [0.25, 0.3) is 5.56 Å². The van der Waals surface area contributed by atoms with Crippen molar-refractivity contribution in [1.29, 1.82) is 0 Å². The van der Waals surface area contributed by atoms with Gasteiger partial charge in [-0.1, -0.05) is 13.0 Å². The first-order chi connectivity index (χ1) is 13.3. The van der Waals surface area contributed by atoms with Gasteiger partial charge in [-0.05, 0) is 31.0 Å². The van der Waals surface area contributed by atoms with E-state index >= 15 is 0 Å². The number of fused-ring (bicyclic) bond motifs is 6. The van der Waals surface area contributed by atoms with E-state index in [9.17, 15) is 18.0 Å². The molecule has 3 heterocycles. The van der Waals surface area contributed by atoms with Crippen molar-refractivity contribution in [2.75, 3.05) is 7.05 Å². The number of allylic oxidation sites excluding steroid dienone is 1. The summed E-state index contributed by atoms with van der Waals surface area (Å²) in [7, 11) is 1.92.